The molecular weight excluding hydrogens is 334 g/mol. The minimum absolute atomic E-state index is 0.0101. The zero-order valence-corrected chi connectivity index (χ0v) is 16.4. The van der Waals surface area contributed by atoms with Crippen LogP contribution in [0.5, 0.6) is 0 Å². The van der Waals surface area contributed by atoms with Crippen molar-refractivity contribution in [3.63, 3.8) is 0 Å². The van der Waals surface area contributed by atoms with E-state index < -0.39 is 0 Å². The molecule has 1 aromatic carbocycles. The number of rotatable bonds is 8. The molecule has 7 heteroatoms. The number of aromatic nitrogens is 4. The van der Waals surface area contributed by atoms with Gasteiger partial charge in [-0.2, -0.15) is 4.68 Å². The van der Waals surface area contributed by atoms with Gasteiger partial charge in [-0.3, -0.25) is 4.79 Å². The van der Waals surface area contributed by atoms with Crippen molar-refractivity contribution in [2.75, 3.05) is 5.75 Å². The predicted octanol–water partition coefficient (Wildman–Crippen LogP) is 3.31. The fourth-order valence-electron chi connectivity index (χ4n) is 2.39. The van der Waals surface area contributed by atoms with Gasteiger partial charge >= 0.3 is 0 Å². The molecule has 6 nitrogen and oxygen atoms in total. The Kier molecular flexibility index (Phi) is 6.99. The maximum atomic E-state index is 12.1. The SMILES string of the molecule is Cc1ccc(-n2nnnc2SCC(=O)N[C@@H](C)CCC(C)C)cc1C. The Labute approximate surface area is 153 Å². The van der Waals surface area contributed by atoms with Gasteiger partial charge in [0.1, 0.15) is 0 Å². The molecule has 0 unspecified atom stereocenters. The molecule has 1 aromatic heterocycles. The van der Waals surface area contributed by atoms with Gasteiger partial charge in [-0.15, -0.1) is 5.10 Å². The summed E-state index contributed by atoms with van der Waals surface area (Å²) < 4.78 is 1.67. The molecular formula is C18H27N5OS. The fraction of sp³-hybridized carbons (Fsp3) is 0.556. The molecule has 136 valence electrons. The predicted molar refractivity (Wildman–Crippen MR) is 101 cm³/mol. The number of hydrogen-bond acceptors (Lipinski definition) is 5. The number of thioether (sulfide) groups is 1. The van der Waals surface area contributed by atoms with Crippen molar-refractivity contribution in [3.8, 4) is 5.69 Å². The van der Waals surface area contributed by atoms with Gasteiger partial charge in [0.15, 0.2) is 0 Å². The normalized spacial score (nSPS) is 12.4. The Balaban J connectivity index is 1.92. The lowest BCUT2D eigenvalue weighted by Crippen LogP contribution is -2.34. The second kappa shape index (κ2) is 8.99. The van der Waals surface area contributed by atoms with E-state index >= 15 is 0 Å². The van der Waals surface area contributed by atoms with Gasteiger partial charge in [0.05, 0.1) is 11.4 Å². The van der Waals surface area contributed by atoms with Crippen LogP contribution in [0.15, 0.2) is 23.4 Å². The van der Waals surface area contributed by atoms with E-state index in [0.29, 0.717) is 16.8 Å². The lowest BCUT2D eigenvalue weighted by atomic mass is 10.0. The van der Waals surface area contributed by atoms with Crippen LogP contribution in [0.4, 0.5) is 0 Å². The fourth-order valence-corrected chi connectivity index (χ4v) is 3.09. The Morgan fingerprint density at radius 3 is 2.64 bits per heavy atom. The number of hydrogen-bond donors (Lipinski definition) is 1. The Morgan fingerprint density at radius 1 is 1.20 bits per heavy atom. The minimum atomic E-state index is 0.0101. The summed E-state index contributed by atoms with van der Waals surface area (Å²) in [5, 5.41) is 15.5. The first kappa shape index (κ1) is 19.4. The van der Waals surface area contributed by atoms with E-state index in [1.165, 1.54) is 22.9 Å². The summed E-state index contributed by atoms with van der Waals surface area (Å²) >= 11 is 1.35. The van der Waals surface area contributed by atoms with Gasteiger partial charge in [-0.05, 0) is 73.2 Å². The van der Waals surface area contributed by atoms with Crippen molar-refractivity contribution in [1.82, 2.24) is 25.5 Å². The Hall–Kier alpha value is -1.89. The quantitative estimate of drug-likeness (QED) is 0.730. The monoisotopic (exact) mass is 361 g/mol. The zero-order valence-electron chi connectivity index (χ0n) is 15.6. The van der Waals surface area contributed by atoms with Crippen molar-refractivity contribution in [3.05, 3.63) is 29.3 Å². The first-order chi connectivity index (χ1) is 11.9. The summed E-state index contributed by atoms with van der Waals surface area (Å²) in [6.45, 7) is 10.6. The lowest BCUT2D eigenvalue weighted by Gasteiger charge is -2.14. The molecule has 0 aliphatic heterocycles. The summed E-state index contributed by atoms with van der Waals surface area (Å²) in [7, 11) is 0. The number of aryl methyl sites for hydroxylation is 2. The van der Waals surface area contributed by atoms with Crippen molar-refractivity contribution in [1.29, 1.82) is 0 Å². The lowest BCUT2D eigenvalue weighted by molar-refractivity contribution is -0.119. The van der Waals surface area contributed by atoms with E-state index in [9.17, 15) is 4.79 Å². The topological polar surface area (TPSA) is 72.7 Å². The highest BCUT2D eigenvalue weighted by Crippen LogP contribution is 2.20. The van der Waals surface area contributed by atoms with Crippen LogP contribution >= 0.6 is 11.8 Å². The Morgan fingerprint density at radius 2 is 1.96 bits per heavy atom. The molecule has 0 aliphatic carbocycles. The van der Waals surface area contributed by atoms with Crippen LogP contribution in [0.1, 0.15) is 44.7 Å². The van der Waals surface area contributed by atoms with E-state index in [4.69, 9.17) is 0 Å². The summed E-state index contributed by atoms with van der Waals surface area (Å²) in [5.74, 6) is 0.962. The molecule has 0 saturated carbocycles. The first-order valence-electron chi connectivity index (χ1n) is 8.65. The van der Waals surface area contributed by atoms with Crippen molar-refractivity contribution in [2.24, 2.45) is 5.92 Å². The molecule has 0 saturated heterocycles. The van der Waals surface area contributed by atoms with Crippen LogP contribution in [-0.4, -0.2) is 37.9 Å². The first-order valence-corrected chi connectivity index (χ1v) is 9.63. The number of carbonyl (C=O) groups is 1. The second-order valence-corrected chi connectivity index (χ2v) is 7.81. The van der Waals surface area contributed by atoms with Gasteiger partial charge in [0.25, 0.3) is 0 Å². The molecule has 25 heavy (non-hydrogen) atoms. The molecule has 0 bridgehead atoms. The number of tetrazole rings is 1. The van der Waals surface area contributed by atoms with E-state index in [-0.39, 0.29) is 11.9 Å². The van der Waals surface area contributed by atoms with Gasteiger partial charge in [-0.1, -0.05) is 31.7 Å². The summed E-state index contributed by atoms with van der Waals surface area (Å²) in [6, 6.07) is 6.26. The number of nitrogens with zero attached hydrogens (tertiary/aromatic N) is 4. The number of benzene rings is 1. The molecule has 0 spiro atoms. The third kappa shape index (κ3) is 5.85. The molecule has 1 atom stereocenters. The number of amides is 1. The van der Waals surface area contributed by atoms with E-state index in [2.05, 4.69) is 48.5 Å². The molecule has 0 radical (unpaired) electrons. The highest BCUT2D eigenvalue weighted by Gasteiger charge is 2.13. The van der Waals surface area contributed by atoms with Crippen LogP contribution in [0.25, 0.3) is 5.69 Å². The molecule has 1 heterocycles. The summed E-state index contributed by atoms with van der Waals surface area (Å²) in [4.78, 5) is 12.1. The van der Waals surface area contributed by atoms with Crippen molar-refractivity contribution < 1.29 is 4.79 Å². The third-order valence-electron chi connectivity index (χ3n) is 4.09. The van der Waals surface area contributed by atoms with E-state index in [0.717, 1.165) is 18.5 Å². The maximum Gasteiger partial charge on any atom is 0.230 e. The smallest absolute Gasteiger partial charge is 0.230 e. The number of carbonyl (C=O) groups excluding carboxylic acids is 1. The molecule has 2 rings (SSSR count). The maximum absolute atomic E-state index is 12.1. The standard InChI is InChI=1S/C18H27N5OS/c1-12(2)6-8-15(5)19-17(24)11-25-18-20-21-22-23(18)16-9-7-13(3)14(4)10-16/h7,9-10,12,15H,6,8,11H2,1-5H3,(H,19,24)/t15-/m0/s1. The van der Waals surface area contributed by atoms with Gasteiger partial charge in [0.2, 0.25) is 11.1 Å². The van der Waals surface area contributed by atoms with Gasteiger partial charge < -0.3 is 5.32 Å². The summed E-state index contributed by atoms with van der Waals surface area (Å²) in [5.41, 5.74) is 3.31. The van der Waals surface area contributed by atoms with E-state index in [1.807, 2.05) is 25.1 Å². The third-order valence-corrected chi connectivity index (χ3v) is 5.01. The number of nitrogens with one attached hydrogen (secondary N) is 1. The average Bonchev–Trinajstić information content (AvgIpc) is 3.02. The van der Waals surface area contributed by atoms with Crippen LogP contribution in [0, 0.1) is 19.8 Å². The highest BCUT2D eigenvalue weighted by molar-refractivity contribution is 7.99. The molecule has 0 fully saturated rings. The highest BCUT2D eigenvalue weighted by atomic mass is 32.2. The van der Waals surface area contributed by atoms with E-state index in [1.54, 1.807) is 4.68 Å². The molecule has 1 N–H and O–H groups in total. The Bertz CT molecular complexity index is 713. The molecule has 1 amide bonds. The second-order valence-electron chi connectivity index (χ2n) is 6.87. The van der Waals surface area contributed by atoms with Crippen LogP contribution in [0.3, 0.4) is 0 Å². The largest absolute Gasteiger partial charge is 0.353 e. The molecule has 2 aromatic rings. The van der Waals surface area contributed by atoms with Crippen molar-refractivity contribution in [2.45, 2.75) is 58.7 Å². The minimum Gasteiger partial charge on any atom is -0.353 e. The summed E-state index contributed by atoms with van der Waals surface area (Å²) in [6.07, 6.45) is 2.11. The molecule has 0 aliphatic rings. The average molecular weight is 362 g/mol. The zero-order chi connectivity index (χ0) is 18.4. The van der Waals surface area contributed by atoms with Gasteiger partial charge in [0, 0.05) is 6.04 Å². The van der Waals surface area contributed by atoms with Crippen LogP contribution < -0.4 is 5.32 Å². The van der Waals surface area contributed by atoms with Crippen LogP contribution in [-0.2, 0) is 4.79 Å². The van der Waals surface area contributed by atoms with Crippen LogP contribution in [0.2, 0.25) is 0 Å². The van der Waals surface area contributed by atoms with Gasteiger partial charge in [-0.25, -0.2) is 0 Å². The van der Waals surface area contributed by atoms with Crippen molar-refractivity contribution >= 4 is 17.7 Å².